The fraction of sp³-hybridized carbons (Fsp3) is 0.667. The number of aromatic nitrogens is 1. The van der Waals surface area contributed by atoms with E-state index in [0.29, 0.717) is 6.54 Å². The van der Waals surface area contributed by atoms with Crippen LogP contribution in [0, 0.1) is 5.41 Å². The third-order valence-corrected chi connectivity index (χ3v) is 3.38. The average Bonchev–Trinajstić information content (AvgIpc) is 2.35. The van der Waals surface area contributed by atoms with E-state index < -0.39 is 11.7 Å². The molecule has 21 heavy (non-hydrogen) atoms. The summed E-state index contributed by atoms with van der Waals surface area (Å²) in [6, 6.07) is 1.84. The van der Waals surface area contributed by atoms with Gasteiger partial charge in [-0.3, -0.25) is 0 Å². The van der Waals surface area contributed by atoms with Crippen molar-refractivity contribution in [2.75, 3.05) is 17.6 Å². The Bertz CT molecular complexity index is 456. The first-order valence-corrected chi connectivity index (χ1v) is 7.23. The predicted octanol–water partition coefficient (Wildman–Crippen LogP) is 4.70. The summed E-state index contributed by atoms with van der Waals surface area (Å²) in [5.74, 6) is 0.0435. The van der Waals surface area contributed by atoms with E-state index >= 15 is 0 Å². The fourth-order valence-electron chi connectivity index (χ4n) is 2.08. The molecular formula is C15H24F3N3. The van der Waals surface area contributed by atoms with E-state index in [1.54, 1.807) is 0 Å². The number of hydrogen-bond acceptors (Lipinski definition) is 3. The minimum atomic E-state index is -4.41. The average molecular weight is 303 g/mol. The molecule has 0 spiro atoms. The smallest absolute Gasteiger partial charge is 0.384 e. The normalized spacial score (nSPS) is 12.5. The largest absolute Gasteiger partial charge is 0.416 e. The number of pyridine rings is 1. The maximum absolute atomic E-state index is 12.7. The third-order valence-electron chi connectivity index (χ3n) is 3.38. The van der Waals surface area contributed by atoms with Crippen LogP contribution in [0.2, 0.25) is 0 Å². The molecule has 0 aliphatic rings. The van der Waals surface area contributed by atoms with Crippen LogP contribution in [-0.4, -0.2) is 11.5 Å². The van der Waals surface area contributed by atoms with Crippen LogP contribution in [-0.2, 0) is 6.18 Å². The highest BCUT2D eigenvalue weighted by Crippen LogP contribution is 2.32. The van der Waals surface area contributed by atoms with Gasteiger partial charge in [0.1, 0.15) is 11.6 Å². The maximum Gasteiger partial charge on any atom is 0.416 e. The summed E-state index contributed by atoms with van der Waals surface area (Å²) in [4.78, 5) is 3.91. The van der Waals surface area contributed by atoms with Crippen LogP contribution in [0.15, 0.2) is 12.1 Å². The van der Waals surface area contributed by atoms with E-state index in [1.165, 1.54) is 0 Å². The summed E-state index contributed by atoms with van der Waals surface area (Å²) >= 11 is 0. The molecule has 0 atom stereocenters. The highest BCUT2D eigenvalue weighted by molar-refractivity contribution is 5.47. The second-order valence-electron chi connectivity index (χ2n) is 6.14. The van der Waals surface area contributed by atoms with Crippen molar-refractivity contribution >= 4 is 11.6 Å². The molecule has 0 radical (unpaired) electrons. The molecule has 3 N–H and O–H groups in total. The van der Waals surface area contributed by atoms with Gasteiger partial charge in [-0.1, -0.05) is 40.0 Å². The molecule has 0 saturated heterocycles. The van der Waals surface area contributed by atoms with Gasteiger partial charge in [0.05, 0.1) is 5.56 Å². The van der Waals surface area contributed by atoms with Gasteiger partial charge in [-0.05, 0) is 24.0 Å². The number of nitrogen functional groups attached to an aromatic ring is 1. The Morgan fingerprint density at radius 2 is 1.86 bits per heavy atom. The first-order chi connectivity index (χ1) is 9.64. The second-order valence-corrected chi connectivity index (χ2v) is 6.14. The van der Waals surface area contributed by atoms with E-state index in [-0.39, 0.29) is 17.1 Å². The van der Waals surface area contributed by atoms with Crippen molar-refractivity contribution in [3.63, 3.8) is 0 Å². The molecular weight excluding hydrogens is 279 g/mol. The summed E-state index contributed by atoms with van der Waals surface area (Å²) in [5.41, 5.74) is 4.67. The quantitative estimate of drug-likeness (QED) is 0.718. The number of nitrogens with two attached hydrogens (primary N) is 1. The number of anilines is 2. The van der Waals surface area contributed by atoms with Crippen LogP contribution in [0.5, 0.6) is 0 Å². The van der Waals surface area contributed by atoms with Crippen molar-refractivity contribution in [2.45, 2.75) is 52.6 Å². The van der Waals surface area contributed by atoms with Crippen molar-refractivity contribution in [2.24, 2.45) is 5.41 Å². The van der Waals surface area contributed by atoms with E-state index in [2.05, 4.69) is 31.1 Å². The molecule has 6 heteroatoms. The summed E-state index contributed by atoms with van der Waals surface area (Å²) < 4.78 is 38.1. The maximum atomic E-state index is 12.7. The highest BCUT2D eigenvalue weighted by Gasteiger charge is 2.31. The first kappa shape index (κ1) is 17.6. The minimum Gasteiger partial charge on any atom is -0.384 e. The molecule has 0 saturated carbocycles. The number of hydrogen-bond donors (Lipinski definition) is 2. The molecule has 0 bridgehead atoms. The lowest BCUT2D eigenvalue weighted by molar-refractivity contribution is -0.137. The summed E-state index contributed by atoms with van der Waals surface area (Å²) in [7, 11) is 0. The zero-order valence-electron chi connectivity index (χ0n) is 12.8. The van der Waals surface area contributed by atoms with E-state index in [4.69, 9.17) is 5.73 Å². The van der Waals surface area contributed by atoms with Gasteiger partial charge < -0.3 is 11.1 Å². The molecule has 3 nitrogen and oxygen atoms in total. The minimum absolute atomic E-state index is 0.000150. The summed E-state index contributed by atoms with van der Waals surface area (Å²) in [6.45, 7) is 6.88. The lowest BCUT2D eigenvalue weighted by atomic mass is 9.87. The zero-order valence-corrected chi connectivity index (χ0v) is 12.8. The first-order valence-electron chi connectivity index (χ1n) is 7.23. The molecule has 0 aromatic carbocycles. The van der Waals surface area contributed by atoms with Crippen LogP contribution >= 0.6 is 0 Å². The highest BCUT2D eigenvalue weighted by atomic mass is 19.4. The van der Waals surface area contributed by atoms with Crippen molar-refractivity contribution < 1.29 is 13.2 Å². The molecule has 120 valence electrons. The molecule has 1 aromatic heterocycles. The van der Waals surface area contributed by atoms with Crippen LogP contribution in [0.25, 0.3) is 0 Å². The Morgan fingerprint density at radius 3 is 2.43 bits per heavy atom. The molecule has 0 aliphatic carbocycles. The van der Waals surface area contributed by atoms with Gasteiger partial charge in [0.25, 0.3) is 0 Å². The summed E-state index contributed by atoms with van der Waals surface area (Å²) in [6.07, 6.45) is 0.0309. The fourth-order valence-corrected chi connectivity index (χ4v) is 2.08. The Kier molecular flexibility index (Phi) is 5.87. The molecule has 1 aromatic rings. The number of alkyl halides is 3. The van der Waals surface area contributed by atoms with Gasteiger partial charge in [0.2, 0.25) is 0 Å². The number of nitrogens with one attached hydrogen (secondary N) is 1. The van der Waals surface area contributed by atoms with Gasteiger partial charge in [-0.2, -0.15) is 13.2 Å². The molecule has 0 unspecified atom stereocenters. The number of nitrogens with zero attached hydrogens (tertiary/aromatic N) is 1. The number of unbranched alkanes of at least 4 members (excludes halogenated alkanes) is 2. The standard InChI is InChI=1S/C15H24F3N3/c1-4-5-6-7-14(2,3)10-20-13-9-11(15(16,17)18)8-12(19)21-13/h8-9H,4-7,10H2,1-3H3,(H3,19,20,21). The second kappa shape index (κ2) is 7.00. The van der Waals surface area contributed by atoms with E-state index in [1.807, 2.05) is 0 Å². The molecule has 0 amide bonds. The van der Waals surface area contributed by atoms with Crippen LogP contribution in [0.1, 0.15) is 52.0 Å². The van der Waals surface area contributed by atoms with E-state index in [9.17, 15) is 13.2 Å². The third kappa shape index (κ3) is 6.23. The predicted molar refractivity (Wildman–Crippen MR) is 80.1 cm³/mol. The lowest BCUT2D eigenvalue weighted by Gasteiger charge is -2.25. The molecule has 0 fully saturated rings. The van der Waals surface area contributed by atoms with Crippen molar-refractivity contribution in [3.8, 4) is 0 Å². The SMILES string of the molecule is CCCCCC(C)(C)CNc1cc(C(F)(F)F)cc(N)n1. The summed E-state index contributed by atoms with van der Waals surface area (Å²) in [5, 5.41) is 2.97. The Hall–Kier alpha value is -1.46. The number of rotatable bonds is 7. The lowest BCUT2D eigenvalue weighted by Crippen LogP contribution is -2.23. The van der Waals surface area contributed by atoms with Crippen molar-refractivity contribution in [1.82, 2.24) is 4.98 Å². The van der Waals surface area contributed by atoms with Gasteiger partial charge >= 0.3 is 6.18 Å². The monoisotopic (exact) mass is 303 g/mol. The van der Waals surface area contributed by atoms with Gasteiger partial charge in [-0.25, -0.2) is 4.98 Å². The van der Waals surface area contributed by atoms with Crippen LogP contribution < -0.4 is 11.1 Å². The topological polar surface area (TPSA) is 50.9 Å². The zero-order chi connectivity index (χ0) is 16.1. The van der Waals surface area contributed by atoms with E-state index in [0.717, 1.165) is 37.8 Å². The molecule has 1 heterocycles. The Balaban J connectivity index is 2.69. The van der Waals surface area contributed by atoms with Crippen molar-refractivity contribution in [3.05, 3.63) is 17.7 Å². The van der Waals surface area contributed by atoms with Gasteiger partial charge in [0.15, 0.2) is 0 Å². The van der Waals surface area contributed by atoms with Gasteiger partial charge in [0, 0.05) is 6.54 Å². The van der Waals surface area contributed by atoms with Gasteiger partial charge in [-0.15, -0.1) is 0 Å². The van der Waals surface area contributed by atoms with Crippen molar-refractivity contribution in [1.29, 1.82) is 0 Å². The Morgan fingerprint density at radius 1 is 1.19 bits per heavy atom. The molecule has 0 aliphatic heterocycles. The van der Waals surface area contributed by atoms with Crippen LogP contribution in [0.4, 0.5) is 24.8 Å². The number of halogens is 3. The Labute approximate surface area is 124 Å². The van der Waals surface area contributed by atoms with Crippen LogP contribution in [0.3, 0.4) is 0 Å². The molecule has 1 rings (SSSR count).